The second-order valence-electron chi connectivity index (χ2n) is 3.73. The Bertz CT molecular complexity index is 162. The number of rotatable bonds is 10. The molecular formula is C13H26N2. The maximum atomic E-state index is 3.28. The Kier molecular flexibility index (Phi) is 12.3. The number of nitrogens with one attached hydrogen (secondary N) is 2. The van der Waals surface area contributed by atoms with Crippen molar-refractivity contribution in [2.24, 2.45) is 0 Å². The largest absolute Gasteiger partial charge is 0.394 e. The molecule has 88 valence electrons. The summed E-state index contributed by atoms with van der Waals surface area (Å²) in [5, 5.41) is 6.21. The minimum atomic E-state index is 1.09. The highest BCUT2D eigenvalue weighted by Gasteiger charge is 1.87. The fourth-order valence-corrected chi connectivity index (χ4v) is 1.37. The third-order valence-electron chi connectivity index (χ3n) is 2.26. The van der Waals surface area contributed by atoms with Gasteiger partial charge in [-0.25, -0.2) is 0 Å². The van der Waals surface area contributed by atoms with E-state index in [1.807, 2.05) is 31.6 Å². The van der Waals surface area contributed by atoms with Gasteiger partial charge in [-0.2, -0.15) is 0 Å². The van der Waals surface area contributed by atoms with Crippen LogP contribution in [-0.2, 0) is 0 Å². The van der Waals surface area contributed by atoms with Crippen LogP contribution in [-0.4, -0.2) is 13.6 Å². The monoisotopic (exact) mass is 210 g/mol. The Morgan fingerprint density at radius 2 is 1.53 bits per heavy atom. The van der Waals surface area contributed by atoms with Gasteiger partial charge in [-0.05, 0) is 31.0 Å². The lowest BCUT2D eigenvalue weighted by Crippen LogP contribution is -2.06. The van der Waals surface area contributed by atoms with E-state index in [-0.39, 0.29) is 0 Å². The third-order valence-corrected chi connectivity index (χ3v) is 2.26. The van der Waals surface area contributed by atoms with Crippen LogP contribution in [0, 0.1) is 0 Å². The summed E-state index contributed by atoms with van der Waals surface area (Å²) in [4.78, 5) is 0. The topological polar surface area (TPSA) is 24.1 Å². The summed E-state index contributed by atoms with van der Waals surface area (Å²) < 4.78 is 0. The first-order valence-electron chi connectivity index (χ1n) is 6.14. The Morgan fingerprint density at radius 3 is 2.27 bits per heavy atom. The van der Waals surface area contributed by atoms with Gasteiger partial charge in [0, 0.05) is 13.6 Å². The Morgan fingerprint density at radius 1 is 0.867 bits per heavy atom. The summed E-state index contributed by atoms with van der Waals surface area (Å²) in [7, 11) is 1.90. The van der Waals surface area contributed by atoms with E-state index >= 15 is 0 Å². The van der Waals surface area contributed by atoms with Crippen molar-refractivity contribution in [2.45, 2.75) is 45.4 Å². The van der Waals surface area contributed by atoms with Crippen molar-refractivity contribution in [3.63, 3.8) is 0 Å². The minimum Gasteiger partial charge on any atom is -0.394 e. The maximum absolute atomic E-state index is 3.28. The van der Waals surface area contributed by atoms with Gasteiger partial charge in [0.2, 0.25) is 0 Å². The van der Waals surface area contributed by atoms with Crippen LogP contribution in [0.25, 0.3) is 0 Å². The smallest absolute Gasteiger partial charge is 0.0141 e. The lowest BCUT2D eigenvalue weighted by Gasteiger charge is -2.00. The Hall–Kier alpha value is -0.920. The molecule has 0 unspecified atom stereocenters. The fourth-order valence-electron chi connectivity index (χ4n) is 1.37. The van der Waals surface area contributed by atoms with E-state index < -0.39 is 0 Å². The van der Waals surface area contributed by atoms with E-state index in [0.29, 0.717) is 0 Å². The molecular weight excluding hydrogens is 184 g/mol. The third kappa shape index (κ3) is 13.1. The number of hydrogen-bond acceptors (Lipinski definition) is 2. The van der Waals surface area contributed by atoms with E-state index in [4.69, 9.17) is 0 Å². The molecule has 0 radical (unpaired) electrons. The zero-order valence-electron chi connectivity index (χ0n) is 10.3. The molecule has 15 heavy (non-hydrogen) atoms. The van der Waals surface area contributed by atoms with E-state index in [2.05, 4.69) is 17.6 Å². The summed E-state index contributed by atoms with van der Waals surface area (Å²) >= 11 is 0. The molecule has 0 rings (SSSR count). The number of allylic oxidation sites excluding steroid dienone is 2. The van der Waals surface area contributed by atoms with Crippen LogP contribution in [0.1, 0.15) is 45.4 Å². The molecule has 0 aromatic carbocycles. The predicted octanol–water partition coefficient (Wildman–Crippen LogP) is 3.18. The van der Waals surface area contributed by atoms with Gasteiger partial charge in [0.15, 0.2) is 0 Å². The molecule has 0 aliphatic carbocycles. The van der Waals surface area contributed by atoms with Crippen LogP contribution >= 0.6 is 0 Å². The summed E-state index contributed by atoms with van der Waals surface area (Å²) in [5.74, 6) is 0. The van der Waals surface area contributed by atoms with Gasteiger partial charge in [-0.15, -0.1) is 0 Å². The van der Waals surface area contributed by atoms with Crippen molar-refractivity contribution < 1.29 is 0 Å². The van der Waals surface area contributed by atoms with Gasteiger partial charge in [-0.3, -0.25) is 0 Å². The summed E-state index contributed by atoms with van der Waals surface area (Å²) in [5.41, 5.74) is 0. The Labute approximate surface area is 94.8 Å². The zero-order valence-corrected chi connectivity index (χ0v) is 10.3. The maximum Gasteiger partial charge on any atom is 0.0141 e. The van der Waals surface area contributed by atoms with Crippen LogP contribution in [0.2, 0.25) is 0 Å². The van der Waals surface area contributed by atoms with Gasteiger partial charge in [-0.1, -0.05) is 39.0 Å². The molecule has 0 spiro atoms. The first-order valence-corrected chi connectivity index (χ1v) is 6.14. The van der Waals surface area contributed by atoms with Crippen LogP contribution in [0.4, 0.5) is 0 Å². The van der Waals surface area contributed by atoms with Gasteiger partial charge >= 0.3 is 0 Å². The van der Waals surface area contributed by atoms with E-state index in [1.54, 1.807) is 0 Å². The molecule has 0 saturated carbocycles. The molecule has 2 nitrogen and oxygen atoms in total. The molecule has 0 bridgehead atoms. The van der Waals surface area contributed by atoms with E-state index in [0.717, 1.165) is 6.54 Å². The van der Waals surface area contributed by atoms with Crippen LogP contribution in [0.3, 0.4) is 0 Å². The van der Waals surface area contributed by atoms with Crippen LogP contribution in [0.15, 0.2) is 24.6 Å². The van der Waals surface area contributed by atoms with Gasteiger partial charge in [0.1, 0.15) is 0 Å². The average molecular weight is 210 g/mol. The first kappa shape index (κ1) is 14.1. The summed E-state index contributed by atoms with van der Waals surface area (Å²) in [6.07, 6.45) is 16.0. The molecule has 0 aromatic heterocycles. The quantitative estimate of drug-likeness (QED) is 0.427. The second-order valence-corrected chi connectivity index (χ2v) is 3.73. The SMILES string of the molecule is CCCCCCCCN/C=C/C=C/NC. The van der Waals surface area contributed by atoms with Crippen molar-refractivity contribution in [3.05, 3.63) is 24.6 Å². The highest BCUT2D eigenvalue weighted by atomic mass is 14.8. The van der Waals surface area contributed by atoms with E-state index in [1.165, 1.54) is 38.5 Å². The van der Waals surface area contributed by atoms with Crippen molar-refractivity contribution in [2.75, 3.05) is 13.6 Å². The highest BCUT2D eigenvalue weighted by Crippen LogP contribution is 2.03. The molecule has 2 N–H and O–H groups in total. The van der Waals surface area contributed by atoms with Gasteiger partial charge in [0.25, 0.3) is 0 Å². The summed E-state index contributed by atoms with van der Waals surface area (Å²) in [6, 6.07) is 0. The number of unbranched alkanes of at least 4 members (excludes halogenated alkanes) is 5. The normalized spacial score (nSPS) is 11.3. The number of hydrogen-bond donors (Lipinski definition) is 2. The second kappa shape index (κ2) is 13.1. The van der Waals surface area contributed by atoms with Crippen molar-refractivity contribution >= 4 is 0 Å². The molecule has 0 aliphatic rings. The molecule has 0 heterocycles. The van der Waals surface area contributed by atoms with Crippen molar-refractivity contribution in [3.8, 4) is 0 Å². The van der Waals surface area contributed by atoms with Gasteiger partial charge in [0.05, 0.1) is 0 Å². The van der Waals surface area contributed by atoms with E-state index in [9.17, 15) is 0 Å². The van der Waals surface area contributed by atoms with Gasteiger partial charge < -0.3 is 10.6 Å². The molecule has 2 heteroatoms. The zero-order chi connectivity index (χ0) is 11.2. The highest BCUT2D eigenvalue weighted by molar-refractivity contribution is 5.00. The van der Waals surface area contributed by atoms with Crippen LogP contribution in [0.5, 0.6) is 0 Å². The first-order chi connectivity index (χ1) is 7.41. The lowest BCUT2D eigenvalue weighted by atomic mass is 10.1. The molecule has 0 amide bonds. The van der Waals surface area contributed by atoms with Crippen molar-refractivity contribution in [1.82, 2.24) is 10.6 Å². The van der Waals surface area contributed by atoms with Crippen LogP contribution < -0.4 is 10.6 Å². The lowest BCUT2D eigenvalue weighted by molar-refractivity contribution is 0.598. The Balaban J connectivity index is 3.04. The van der Waals surface area contributed by atoms with Crippen molar-refractivity contribution in [1.29, 1.82) is 0 Å². The molecule has 0 aliphatic heterocycles. The minimum absolute atomic E-state index is 1.09. The molecule has 0 saturated heterocycles. The average Bonchev–Trinajstić information content (AvgIpc) is 2.26. The molecule has 0 aromatic rings. The molecule has 0 atom stereocenters. The predicted molar refractivity (Wildman–Crippen MR) is 68.7 cm³/mol. The summed E-state index contributed by atoms with van der Waals surface area (Å²) in [6.45, 7) is 3.35. The molecule has 0 fully saturated rings. The standard InChI is InChI=1S/C13H26N2/c1-3-4-5-6-7-8-12-15-13-10-9-11-14-2/h9-11,13-15H,3-8,12H2,1-2H3/b11-9+,13-10+. The fraction of sp³-hybridized carbons (Fsp3) is 0.692.